The third-order valence-corrected chi connectivity index (χ3v) is 9.86. The Hall–Kier alpha value is -5.04. The van der Waals surface area contributed by atoms with Gasteiger partial charge in [0.05, 0.1) is 23.4 Å². The number of hydrogen-bond donors (Lipinski definition) is 0. The predicted octanol–water partition coefficient (Wildman–Crippen LogP) is 5.60. The molecule has 0 unspecified atom stereocenters. The number of imide groups is 1. The SMILES string of the molecule is CCc1ccccc1N1C[C@H](C(=O)Oc2cccc(N3C(=O)[C@H]4C5c6ccccc6C(c6ccccc65)[C@@H]4C3=O)c2)CC1=O. The first-order chi connectivity index (χ1) is 21.5. The molecule has 7 nitrogen and oxygen atoms in total. The molecule has 0 N–H and O–H groups in total. The summed E-state index contributed by atoms with van der Waals surface area (Å²) >= 11 is 0. The summed E-state index contributed by atoms with van der Waals surface area (Å²) in [6.45, 7) is 2.27. The van der Waals surface area contributed by atoms with Crippen LogP contribution in [0.5, 0.6) is 5.75 Å². The van der Waals surface area contributed by atoms with Gasteiger partial charge in [-0.1, -0.05) is 79.7 Å². The van der Waals surface area contributed by atoms with Crippen LogP contribution in [0.1, 0.15) is 53.0 Å². The number of carbonyl (C=O) groups is 4. The van der Waals surface area contributed by atoms with E-state index in [9.17, 15) is 19.2 Å². The fourth-order valence-electron chi connectivity index (χ4n) is 7.99. The van der Waals surface area contributed by atoms with Gasteiger partial charge in [0, 0.05) is 36.6 Å². The average Bonchev–Trinajstić information content (AvgIpc) is 3.57. The average molecular weight is 583 g/mol. The number of para-hydroxylation sites is 1. The van der Waals surface area contributed by atoms with E-state index in [1.165, 1.54) is 4.90 Å². The lowest BCUT2D eigenvalue weighted by Gasteiger charge is -2.45. The molecule has 2 saturated heterocycles. The fraction of sp³-hybridized carbons (Fsp3) is 0.243. The Kier molecular flexibility index (Phi) is 6.05. The van der Waals surface area contributed by atoms with Crippen molar-refractivity contribution in [3.63, 3.8) is 0 Å². The lowest BCUT2D eigenvalue weighted by molar-refractivity contribution is -0.139. The first kappa shape index (κ1) is 26.6. The first-order valence-corrected chi connectivity index (χ1v) is 15.2. The molecular weight excluding hydrogens is 552 g/mol. The Morgan fingerprint density at radius 3 is 1.91 bits per heavy atom. The molecule has 2 fully saturated rings. The molecule has 9 rings (SSSR count). The molecule has 0 aromatic heterocycles. The van der Waals surface area contributed by atoms with Crippen molar-refractivity contribution in [1.82, 2.24) is 0 Å². The monoisotopic (exact) mass is 582 g/mol. The lowest BCUT2D eigenvalue weighted by atomic mass is 9.55. The van der Waals surface area contributed by atoms with Gasteiger partial charge in [0.15, 0.2) is 0 Å². The second-order valence-electron chi connectivity index (χ2n) is 12.1. The summed E-state index contributed by atoms with van der Waals surface area (Å²) in [5.74, 6) is -2.85. The summed E-state index contributed by atoms with van der Waals surface area (Å²) in [5.41, 5.74) is 6.71. The summed E-state index contributed by atoms with van der Waals surface area (Å²) in [6.07, 6.45) is 0.837. The van der Waals surface area contributed by atoms with Crippen molar-refractivity contribution in [2.75, 3.05) is 16.3 Å². The van der Waals surface area contributed by atoms with Crippen LogP contribution in [-0.2, 0) is 25.6 Å². The molecule has 218 valence electrons. The number of amides is 3. The van der Waals surface area contributed by atoms with E-state index >= 15 is 0 Å². The van der Waals surface area contributed by atoms with Crippen LogP contribution in [-0.4, -0.2) is 30.2 Å². The van der Waals surface area contributed by atoms with E-state index in [0.717, 1.165) is 39.9 Å². The normalized spacial score (nSPS) is 24.8. The standard InChI is InChI=1S/C37H30N2O5/c1-2-21-10-3-8-17-29(21)38-20-22(18-30(38)40)37(43)44-24-12-9-11-23(19-24)39-35(41)33-31-25-13-4-5-14-26(25)32(34(33)36(39)42)28-16-7-6-15-27(28)31/h3-17,19,22,31-34H,2,18,20H2,1H3/t22-,31?,32?,33+,34+/m1/s1. The topological polar surface area (TPSA) is 84.0 Å². The molecule has 5 aliphatic rings. The largest absolute Gasteiger partial charge is 0.426 e. The van der Waals surface area contributed by atoms with Crippen LogP contribution >= 0.6 is 0 Å². The highest BCUT2D eigenvalue weighted by Crippen LogP contribution is 2.61. The zero-order valence-electron chi connectivity index (χ0n) is 24.2. The predicted molar refractivity (Wildman–Crippen MR) is 164 cm³/mol. The van der Waals surface area contributed by atoms with Gasteiger partial charge in [-0.05, 0) is 52.4 Å². The highest BCUT2D eigenvalue weighted by atomic mass is 16.5. The first-order valence-electron chi connectivity index (χ1n) is 15.2. The van der Waals surface area contributed by atoms with E-state index in [4.69, 9.17) is 4.74 Å². The van der Waals surface area contributed by atoms with Crippen molar-refractivity contribution >= 4 is 35.1 Å². The van der Waals surface area contributed by atoms with Crippen LogP contribution in [0.25, 0.3) is 0 Å². The number of nitrogens with zero attached hydrogens (tertiary/aromatic N) is 2. The second-order valence-corrected chi connectivity index (χ2v) is 12.1. The van der Waals surface area contributed by atoms with Gasteiger partial charge in [0.1, 0.15) is 5.75 Å². The minimum atomic E-state index is -0.623. The highest BCUT2D eigenvalue weighted by molar-refractivity contribution is 6.23. The molecule has 3 amide bonds. The highest BCUT2D eigenvalue weighted by Gasteiger charge is 2.61. The van der Waals surface area contributed by atoms with Crippen LogP contribution in [0.4, 0.5) is 11.4 Å². The zero-order chi connectivity index (χ0) is 30.1. The molecule has 0 spiro atoms. The van der Waals surface area contributed by atoms with Crippen LogP contribution in [0.3, 0.4) is 0 Å². The Labute approximate surface area is 255 Å². The van der Waals surface area contributed by atoms with E-state index in [1.807, 2.05) is 55.5 Å². The molecule has 0 radical (unpaired) electrons. The third kappa shape index (κ3) is 3.81. The number of rotatable bonds is 5. The van der Waals surface area contributed by atoms with E-state index in [-0.39, 0.29) is 48.3 Å². The molecule has 3 aliphatic carbocycles. The Morgan fingerprint density at radius 1 is 0.750 bits per heavy atom. The Morgan fingerprint density at radius 2 is 1.32 bits per heavy atom. The lowest BCUT2D eigenvalue weighted by Crippen LogP contribution is -2.41. The molecule has 2 bridgehead atoms. The maximum absolute atomic E-state index is 14.1. The van der Waals surface area contributed by atoms with E-state index < -0.39 is 23.7 Å². The van der Waals surface area contributed by atoms with E-state index in [1.54, 1.807) is 29.2 Å². The smallest absolute Gasteiger partial charge is 0.316 e. The summed E-state index contributed by atoms with van der Waals surface area (Å²) in [5, 5.41) is 0. The van der Waals surface area contributed by atoms with Gasteiger partial charge >= 0.3 is 5.97 Å². The van der Waals surface area contributed by atoms with E-state index in [2.05, 4.69) is 24.3 Å². The molecule has 3 atom stereocenters. The van der Waals surface area contributed by atoms with Gasteiger partial charge in [-0.15, -0.1) is 0 Å². The number of carbonyl (C=O) groups excluding carboxylic acids is 4. The molecule has 4 aromatic rings. The van der Waals surface area contributed by atoms with Crippen LogP contribution in [0.15, 0.2) is 97.1 Å². The summed E-state index contributed by atoms with van der Waals surface area (Å²) in [4.78, 5) is 57.3. The van der Waals surface area contributed by atoms with E-state index in [0.29, 0.717) is 5.69 Å². The summed E-state index contributed by atoms with van der Waals surface area (Å²) < 4.78 is 5.77. The number of hydrogen-bond acceptors (Lipinski definition) is 5. The van der Waals surface area contributed by atoms with Crippen LogP contribution in [0, 0.1) is 17.8 Å². The quantitative estimate of drug-likeness (QED) is 0.174. The van der Waals surface area contributed by atoms with Crippen LogP contribution in [0.2, 0.25) is 0 Å². The number of benzene rings is 4. The van der Waals surface area contributed by atoms with Gasteiger partial charge in [0.25, 0.3) is 0 Å². The van der Waals surface area contributed by atoms with Gasteiger partial charge in [-0.2, -0.15) is 0 Å². The number of aryl methyl sites for hydroxylation is 1. The summed E-state index contributed by atoms with van der Waals surface area (Å²) in [7, 11) is 0. The molecule has 4 aromatic carbocycles. The summed E-state index contributed by atoms with van der Waals surface area (Å²) in [6, 6.07) is 30.6. The molecule has 44 heavy (non-hydrogen) atoms. The van der Waals surface area contributed by atoms with Gasteiger partial charge in [-0.3, -0.25) is 19.2 Å². The minimum absolute atomic E-state index is 0.0624. The van der Waals surface area contributed by atoms with Crippen molar-refractivity contribution < 1.29 is 23.9 Å². The number of anilines is 2. The molecule has 0 saturated carbocycles. The third-order valence-electron chi connectivity index (χ3n) is 9.86. The maximum Gasteiger partial charge on any atom is 0.316 e. The van der Waals surface area contributed by atoms with Gasteiger partial charge in [0.2, 0.25) is 17.7 Å². The number of ether oxygens (including phenoxy) is 1. The number of esters is 1. The van der Waals surface area contributed by atoms with Gasteiger partial charge in [-0.25, -0.2) is 4.90 Å². The fourth-order valence-corrected chi connectivity index (χ4v) is 7.99. The molecular formula is C37H30N2O5. The maximum atomic E-state index is 14.1. The molecule has 7 heteroatoms. The van der Waals surface area contributed by atoms with Crippen molar-refractivity contribution in [3.8, 4) is 5.75 Å². The van der Waals surface area contributed by atoms with Crippen LogP contribution < -0.4 is 14.5 Å². The molecule has 2 aliphatic heterocycles. The Bertz CT molecular complexity index is 1770. The minimum Gasteiger partial charge on any atom is -0.426 e. The van der Waals surface area contributed by atoms with Crippen molar-refractivity contribution in [2.45, 2.75) is 31.6 Å². The van der Waals surface area contributed by atoms with Crippen molar-refractivity contribution in [2.24, 2.45) is 17.8 Å². The Balaban J connectivity index is 1.06. The zero-order valence-corrected chi connectivity index (χ0v) is 24.2. The van der Waals surface area contributed by atoms with Crippen molar-refractivity contribution in [3.05, 3.63) is 125 Å². The van der Waals surface area contributed by atoms with Gasteiger partial charge < -0.3 is 9.64 Å². The second kappa shape index (κ2) is 10.0. The molecule has 2 heterocycles. The van der Waals surface area contributed by atoms with Crippen molar-refractivity contribution in [1.29, 1.82) is 0 Å².